The third-order valence-electron chi connectivity index (χ3n) is 4.46. The lowest BCUT2D eigenvalue weighted by Crippen LogP contribution is -2.45. The molecule has 5 nitrogen and oxygen atoms in total. The van der Waals surface area contributed by atoms with Gasteiger partial charge in [0, 0.05) is 27.1 Å². The third-order valence-corrected chi connectivity index (χ3v) is 4.46. The van der Waals surface area contributed by atoms with Gasteiger partial charge >= 0.3 is 0 Å². The summed E-state index contributed by atoms with van der Waals surface area (Å²) in [6, 6.07) is -0.220. The summed E-state index contributed by atoms with van der Waals surface area (Å²) in [4.78, 5) is 27.9. The van der Waals surface area contributed by atoms with Gasteiger partial charge in [0.15, 0.2) is 0 Å². The Morgan fingerprint density at radius 3 is 2.70 bits per heavy atom. The van der Waals surface area contributed by atoms with Crippen molar-refractivity contribution in [3.63, 3.8) is 0 Å². The Bertz CT molecular complexity index is 351. The van der Waals surface area contributed by atoms with E-state index >= 15 is 0 Å². The van der Waals surface area contributed by atoms with E-state index in [0.29, 0.717) is 12.3 Å². The number of likely N-dealkylation sites (N-methyl/N-ethyl adjacent to an activating group) is 1. The Morgan fingerprint density at radius 1 is 1.25 bits per heavy atom. The molecule has 0 aromatic carbocycles. The van der Waals surface area contributed by atoms with Crippen LogP contribution >= 0.6 is 0 Å². The first kappa shape index (κ1) is 15.3. The molecule has 5 heteroatoms. The van der Waals surface area contributed by atoms with Crippen molar-refractivity contribution >= 4 is 11.8 Å². The molecule has 0 aromatic rings. The number of rotatable bonds is 4. The highest BCUT2D eigenvalue weighted by molar-refractivity contribution is 5.88. The second-order valence-electron chi connectivity index (χ2n) is 6.23. The maximum Gasteiger partial charge on any atom is 0.244 e. The Morgan fingerprint density at radius 2 is 2.05 bits per heavy atom. The van der Waals surface area contributed by atoms with Crippen LogP contribution in [0, 0.1) is 5.92 Å². The summed E-state index contributed by atoms with van der Waals surface area (Å²) in [6.07, 6.45) is 5.73. The Kier molecular flexibility index (Phi) is 5.40. The number of piperidine rings is 1. The smallest absolute Gasteiger partial charge is 0.244 e. The first-order valence-corrected chi connectivity index (χ1v) is 7.81. The number of amides is 2. The van der Waals surface area contributed by atoms with Crippen molar-refractivity contribution in [2.75, 3.05) is 33.7 Å². The van der Waals surface area contributed by atoms with Crippen LogP contribution < -0.4 is 5.32 Å². The van der Waals surface area contributed by atoms with Crippen molar-refractivity contribution in [2.45, 2.75) is 44.6 Å². The maximum absolute atomic E-state index is 12.4. The summed E-state index contributed by atoms with van der Waals surface area (Å²) >= 11 is 0. The van der Waals surface area contributed by atoms with Crippen LogP contribution in [-0.2, 0) is 9.59 Å². The van der Waals surface area contributed by atoms with Gasteiger partial charge in [0.25, 0.3) is 0 Å². The van der Waals surface area contributed by atoms with Crippen molar-refractivity contribution in [1.82, 2.24) is 15.1 Å². The lowest BCUT2D eigenvalue weighted by atomic mass is 9.94. The average Bonchev–Trinajstić information content (AvgIpc) is 2.94. The minimum absolute atomic E-state index is 0.0650. The monoisotopic (exact) mass is 281 g/mol. The van der Waals surface area contributed by atoms with Crippen molar-refractivity contribution in [2.24, 2.45) is 5.92 Å². The summed E-state index contributed by atoms with van der Waals surface area (Å²) in [7, 11) is 3.52. The molecule has 0 bridgehead atoms. The minimum Gasteiger partial charge on any atom is -0.347 e. The van der Waals surface area contributed by atoms with Gasteiger partial charge in [-0.1, -0.05) is 0 Å². The lowest BCUT2D eigenvalue weighted by molar-refractivity contribution is -0.142. The second-order valence-corrected chi connectivity index (χ2v) is 6.23. The molecule has 0 aromatic heterocycles. The Hall–Kier alpha value is -1.10. The van der Waals surface area contributed by atoms with Crippen molar-refractivity contribution in [1.29, 1.82) is 0 Å². The summed E-state index contributed by atoms with van der Waals surface area (Å²) in [5.74, 6) is 0.849. The molecule has 0 radical (unpaired) electrons. The molecule has 2 amide bonds. The molecule has 114 valence electrons. The predicted octanol–water partition coefficient (Wildman–Crippen LogP) is 0.845. The summed E-state index contributed by atoms with van der Waals surface area (Å²) in [5, 5.41) is 3.38. The highest BCUT2D eigenvalue weighted by Crippen LogP contribution is 2.22. The van der Waals surface area contributed by atoms with Crippen molar-refractivity contribution < 1.29 is 9.59 Å². The SMILES string of the molecule is CN(C)C(=O)C1CCCN1C(=O)CCC1CCCNC1. The van der Waals surface area contributed by atoms with Crippen molar-refractivity contribution in [3.8, 4) is 0 Å². The van der Waals surface area contributed by atoms with Crippen molar-refractivity contribution in [3.05, 3.63) is 0 Å². The maximum atomic E-state index is 12.4. The Labute approximate surface area is 121 Å². The van der Waals surface area contributed by atoms with Crippen LogP contribution in [0.1, 0.15) is 38.5 Å². The molecule has 20 heavy (non-hydrogen) atoms. The van der Waals surface area contributed by atoms with E-state index in [-0.39, 0.29) is 17.9 Å². The normalized spacial score (nSPS) is 26.6. The van der Waals surface area contributed by atoms with E-state index in [0.717, 1.165) is 38.9 Å². The van der Waals surface area contributed by atoms with E-state index < -0.39 is 0 Å². The van der Waals surface area contributed by atoms with Crippen LogP contribution in [0.4, 0.5) is 0 Å². The van der Waals surface area contributed by atoms with Gasteiger partial charge in [-0.3, -0.25) is 9.59 Å². The predicted molar refractivity (Wildman–Crippen MR) is 78.3 cm³/mol. The molecule has 2 rings (SSSR count). The van der Waals surface area contributed by atoms with Crippen LogP contribution in [-0.4, -0.2) is 61.4 Å². The van der Waals surface area contributed by atoms with Gasteiger partial charge in [-0.15, -0.1) is 0 Å². The highest BCUT2D eigenvalue weighted by atomic mass is 16.2. The van der Waals surface area contributed by atoms with Gasteiger partial charge in [-0.05, 0) is 51.1 Å². The standard InChI is InChI=1S/C15H27N3O2/c1-17(2)15(20)13-6-4-10-18(13)14(19)8-7-12-5-3-9-16-11-12/h12-13,16H,3-11H2,1-2H3. The zero-order chi connectivity index (χ0) is 14.5. The molecular weight excluding hydrogens is 254 g/mol. The number of carbonyl (C=O) groups is 2. The fourth-order valence-corrected chi connectivity index (χ4v) is 3.26. The molecular formula is C15H27N3O2. The summed E-state index contributed by atoms with van der Waals surface area (Å²) < 4.78 is 0. The number of carbonyl (C=O) groups excluding carboxylic acids is 2. The molecule has 0 saturated carbocycles. The molecule has 2 aliphatic heterocycles. The first-order chi connectivity index (χ1) is 9.59. The number of nitrogens with one attached hydrogen (secondary N) is 1. The van der Waals surface area contributed by atoms with Crippen LogP contribution in [0.15, 0.2) is 0 Å². The van der Waals surface area contributed by atoms with E-state index in [1.54, 1.807) is 23.9 Å². The van der Waals surface area contributed by atoms with Gasteiger partial charge in [0.2, 0.25) is 11.8 Å². The van der Waals surface area contributed by atoms with E-state index in [1.807, 2.05) is 0 Å². The topological polar surface area (TPSA) is 52.7 Å². The molecule has 2 heterocycles. The summed E-state index contributed by atoms with van der Waals surface area (Å²) in [5.41, 5.74) is 0. The largest absolute Gasteiger partial charge is 0.347 e. The second kappa shape index (κ2) is 7.07. The zero-order valence-corrected chi connectivity index (χ0v) is 12.7. The van der Waals surface area contributed by atoms with Gasteiger partial charge < -0.3 is 15.1 Å². The van der Waals surface area contributed by atoms with E-state index in [4.69, 9.17) is 0 Å². The number of likely N-dealkylation sites (tertiary alicyclic amines) is 1. The van der Waals surface area contributed by atoms with Crippen LogP contribution in [0.2, 0.25) is 0 Å². The molecule has 2 unspecified atom stereocenters. The van der Waals surface area contributed by atoms with Crippen LogP contribution in [0.3, 0.4) is 0 Å². The van der Waals surface area contributed by atoms with Crippen LogP contribution in [0.25, 0.3) is 0 Å². The van der Waals surface area contributed by atoms with Gasteiger partial charge in [-0.25, -0.2) is 0 Å². The average molecular weight is 281 g/mol. The quantitative estimate of drug-likeness (QED) is 0.831. The molecule has 2 fully saturated rings. The zero-order valence-electron chi connectivity index (χ0n) is 12.7. The first-order valence-electron chi connectivity index (χ1n) is 7.81. The van der Waals surface area contributed by atoms with Gasteiger partial charge in [0.05, 0.1) is 0 Å². The number of nitrogens with zero attached hydrogens (tertiary/aromatic N) is 2. The lowest BCUT2D eigenvalue weighted by Gasteiger charge is -2.27. The molecule has 2 atom stereocenters. The molecule has 2 aliphatic rings. The van der Waals surface area contributed by atoms with E-state index in [1.165, 1.54) is 12.8 Å². The number of hydrogen-bond donors (Lipinski definition) is 1. The fourth-order valence-electron chi connectivity index (χ4n) is 3.26. The van der Waals surface area contributed by atoms with Gasteiger partial charge in [0.1, 0.15) is 6.04 Å². The molecule has 1 N–H and O–H groups in total. The van der Waals surface area contributed by atoms with E-state index in [2.05, 4.69) is 5.32 Å². The third kappa shape index (κ3) is 3.72. The summed E-state index contributed by atoms with van der Waals surface area (Å²) in [6.45, 7) is 2.88. The number of hydrogen-bond acceptors (Lipinski definition) is 3. The van der Waals surface area contributed by atoms with E-state index in [9.17, 15) is 9.59 Å². The minimum atomic E-state index is -0.220. The van der Waals surface area contributed by atoms with Crippen LogP contribution in [0.5, 0.6) is 0 Å². The fraction of sp³-hybridized carbons (Fsp3) is 0.867. The Balaban J connectivity index is 1.82. The molecule has 0 aliphatic carbocycles. The molecule has 2 saturated heterocycles. The van der Waals surface area contributed by atoms with Gasteiger partial charge in [-0.2, -0.15) is 0 Å². The highest BCUT2D eigenvalue weighted by Gasteiger charge is 2.34. The molecule has 0 spiro atoms.